The first-order chi connectivity index (χ1) is 11.7. The average Bonchev–Trinajstić information content (AvgIpc) is 3.16. The fourth-order valence-corrected chi connectivity index (χ4v) is 3.38. The molecule has 5 nitrogen and oxygen atoms in total. The summed E-state index contributed by atoms with van der Waals surface area (Å²) in [6, 6.07) is 4.81. The Morgan fingerprint density at radius 1 is 1.38 bits per heavy atom. The number of H-pyrrole nitrogens is 1. The molecule has 1 fully saturated rings. The summed E-state index contributed by atoms with van der Waals surface area (Å²) in [7, 11) is 1.74. The summed E-state index contributed by atoms with van der Waals surface area (Å²) < 4.78 is 13.2. The van der Waals surface area contributed by atoms with Crippen molar-refractivity contribution in [3.05, 3.63) is 35.8 Å². The molecule has 1 aromatic heterocycles. The van der Waals surface area contributed by atoms with Gasteiger partial charge in [0.25, 0.3) is 0 Å². The molecule has 1 saturated carbocycles. The van der Waals surface area contributed by atoms with Gasteiger partial charge in [-0.1, -0.05) is 6.42 Å². The molecule has 0 radical (unpaired) electrons. The SMILES string of the molecule is CN=C(NCCc1c[nH]c2cc(F)ccc12)NCC1CCCC1O. The van der Waals surface area contributed by atoms with Crippen molar-refractivity contribution in [1.82, 2.24) is 15.6 Å². The van der Waals surface area contributed by atoms with Crippen molar-refractivity contribution in [2.45, 2.75) is 31.8 Å². The van der Waals surface area contributed by atoms with Crippen LogP contribution in [0.4, 0.5) is 4.39 Å². The third-order valence-electron chi connectivity index (χ3n) is 4.79. The van der Waals surface area contributed by atoms with E-state index >= 15 is 0 Å². The molecule has 3 rings (SSSR count). The van der Waals surface area contributed by atoms with Gasteiger partial charge in [-0.05, 0) is 43.0 Å². The minimum atomic E-state index is -0.229. The lowest BCUT2D eigenvalue weighted by molar-refractivity contribution is 0.134. The molecule has 4 N–H and O–H groups in total. The van der Waals surface area contributed by atoms with Crippen LogP contribution in [0.2, 0.25) is 0 Å². The molecule has 2 unspecified atom stereocenters. The number of aromatic nitrogens is 1. The summed E-state index contributed by atoms with van der Waals surface area (Å²) in [5, 5.41) is 17.5. The van der Waals surface area contributed by atoms with Gasteiger partial charge in [0.1, 0.15) is 5.82 Å². The van der Waals surface area contributed by atoms with Gasteiger partial charge < -0.3 is 20.7 Å². The van der Waals surface area contributed by atoms with Crippen LogP contribution in [0.1, 0.15) is 24.8 Å². The van der Waals surface area contributed by atoms with Crippen LogP contribution in [-0.2, 0) is 6.42 Å². The first-order valence-corrected chi connectivity index (χ1v) is 8.55. The maximum atomic E-state index is 13.2. The van der Waals surface area contributed by atoms with Gasteiger partial charge in [-0.15, -0.1) is 0 Å². The van der Waals surface area contributed by atoms with Gasteiger partial charge in [0.2, 0.25) is 0 Å². The minimum absolute atomic E-state index is 0.192. The van der Waals surface area contributed by atoms with Crippen molar-refractivity contribution in [3.63, 3.8) is 0 Å². The number of halogens is 1. The molecule has 0 spiro atoms. The van der Waals surface area contributed by atoms with E-state index in [9.17, 15) is 9.50 Å². The summed E-state index contributed by atoms with van der Waals surface area (Å²) in [4.78, 5) is 7.33. The second kappa shape index (κ2) is 7.66. The predicted octanol–water partition coefficient (Wildman–Crippen LogP) is 2.18. The molecule has 0 aliphatic heterocycles. The van der Waals surface area contributed by atoms with Crippen LogP contribution >= 0.6 is 0 Å². The molecule has 2 atom stereocenters. The Kier molecular flexibility index (Phi) is 5.35. The molecule has 6 heteroatoms. The first-order valence-electron chi connectivity index (χ1n) is 8.55. The van der Waals surface area contributed by atoms with Gasteiger partial charge in [-0.25, -0.2) is 4.39 Å². The summed E-state index contributed by atoms with van der Waals surface area (Å²) >= 11 is 0. The number of aliphatic hydroxyl groups excluding tert-OH is 1. The molecular weight excluding hydrogens is 307 g/mol. The normalized spacial score (nSPS) is 21.4. The van der Waals surface area contributed by atoms with E-state index in [1.54, 1.807) is 7.05 Å². The molecule has 1 aliphatic carbocycles. The predicted molar refractivity (Wildman–Crippen MR) is 94.7 cm³/mol. The number of rotatable bonds is 5. The average molecular weight is 332 g/mol. The number of aliphatic imine (C=N–C) groups is 1. The zero-order valence-electron chi connectivity index (χ0n) is 14.0. The fraction of sp³-hybridized carbons (Fsp3) is 0.500. The molecule has 24 heavy (non-hydrogen) atoms. The van der Waals surface area contributed by atoms with Gasteiger partial charge in [0.15, 0.2) is 5.96 Å². The van der Waals surface area contributed by atoms with Crippen LogP contribution in [0, 0.1) is 11.7 Å². The van der Waals surface area contributed by atoms with Gasteiger partial charge in [-0.3, -0.25) is 4.99 Å². The summed E-state index contributed by atoms with van der Waals surface area (Å²) in [6.45, 7) is 1.48. The standard InChI is InChI=1S/C18H25FN4O/c1-20-18(23-11-13-3-2-4-17(13)24)21-8-7-12-10-22-16-9-14(19)5-6-15(12)16/h5-6,9-10,13,17,22,24H,2-4,7-8,11H2,1H3,(H2,20,21,23). The second-order valence-corrected chi connectivity index (χ2v) is 6.39. The van der Waals surface area contributed by atoms with Crippen molar-refractivity contribution in [2.75, 3.05) is 20.1 Å². The summed E-state index contributed by atoms with van der Waals surface area (Å²) in [5.74, 6) is 0.833. The zero-order chi connectivity index (χ0) is 16.9. The second-order valence-electron chi connectivity index (χ2n) is 6.39. The van der Waals surface area contributed by atoms with Crippen molar-refractivity contribution in [1.29, 1.82) is 0 Å². The highest BCUT2D eigenvalue weighted by atomic mass is 19.1. The summed E-state index contributed by atoms with van der Waals surface area (Å²) in [5.41, 5.74) is 1.97. The van der Waals surface area contributed by atoms with Crippen molar-refractivity contribution in [3.8, 4) is 0 Å². The number of fused-ring (bicyclic) bond motifs is 1. The smallest absolute Gasteiger partial charge is 0.190 e. The number of hydrogen-bond donors (Lipinski definition) is 4. The van der Waals surface area contributed by atoms with E-state index in [-0.39, 0.29) is 11.9 Å². The third-order valence-corrected chi connectivity index (χ3v) is 4.79. The van der Waals surface area contributed by atoms with Gasteiger partial charge in [0, 0.05) is 43.2 Å². The lowest BCUT2D eigenvalue weighted by Gasteiger charge is -2.17. The monoisotopic (exact) mass is 332 g/mol. The van der Waals surface area contributed by atoms with E-state index in [0.717, 1.165) is 61.2 Å². The maximum absolute atomic E-state index is 13.2. The Morgan fingerprint density at radius 2 is 2.25 bits per heavy atom. The quantitative estimate of drug-likeness (QED) is 0.501. The highest BCUT2D eigenvalue weighted by Gasteiger charge is 2.24. The Labute approximate surface area is 141 Å². The fourth-order valence-electron chi connectivity index (χ4n) is 3.38. The molecule has 130 valence electrons. The van der Waals surface area contributed by atoms with Crippen LogP contribution in [0.3, 0.4) is 0 Å². The van der Waals surface area contributed by atoms with E-state index < -0.39 is 0 Å². The number of hydrogen-bond acceptors (Lipinski definition) is 2. The highest BCUT2D eigenvalue weighted by molar-refractivity contribution is 5.83. The lowest BCUT2D eigenvalue weighted by Crippen LogP contribution is -2.41. The van der Waals surface area contributed by atoms with Crippen LogP contribution < -0.4 is 10.6 Å². The van der Waals surface area contributed by atoms with Gasteiger partial charge in [0.05, 0.1) is 6.10 Å². The van der Waals surface area contributed by atoms with E-state index in [4.69, 9.17) is 0 Å². The Morgan fingerprint density at radius 3 is 3.00 bits per heavy atom. The maximum Gasteiger partial charge on any atom is 0.190 e. The first kappa shape index (κ1) is 16.8. The van der Waals surface area contributed by atoms with Crippen molar-refractivity contribution >= 4 is 16.9 Å². The number of nitrogens with zero attached hydrogens (tertiary/aromatic N) is 1. The molecule has 1 heterocycles. The van der Waals surface area contributed by atoms with Crippen molar-refractivity contribution < 1.29 is 9.50 Å². The lowest BCUT2D eigenvalue weighted by atomic mass is 10.1. The largest absolute Gasteiger partial charge is 0.393 e. The summed E-state index contributed by atoms with van der Waals surface area (Å²) in [6.07, 6.45) is 5.62. The van der Waals surface area contributed by atoms with E-state index in [1.807, 2.05) is 12.3 Å². The molecule has 2 aromatic rings. The topological polar surface area (TPSA) is 72.4 Å². The zero-order valence-corrected chi connectivity index (χ0v) is 14.0. The number of aromatic amines is 1. The van der Waals surface area contributed by atoms with Crippen LogP contribution in [0.25, 0.3) is 10.9 Å². The van der Waals surface area contributed by atoms with E-state index in [2.05, 4.69) is 20.6 Å². The van der Waals surface area contributed by atoms with Crippen molar-refractivity contribution in [2.24, 2.45) is 10.9 Å². The number of aliphatic hydroxyl groups is 1. The third kappa shape index (κ3) is 3.87. The number of benzene rings is 1. The Balaban J connectivity index is 1.48. The molecule has 1 aliphatic rings. The number of nitrogens with one attached hydrogen (secondary N) is 3. The van der Waals surface area contributed by atoms with Gasteiger partial charge >= 0.3 is 0 Å². The molecule has 0 saturated heterocycles. The minimum Gasteiger partial charge on any atom is -0.393 e. The van der Waals surface area contributed by atoms with Crippen LogP contribution in [0.15, 0.2) is 29.4 Å². The van der Waals surface area contributed by atoms with Gasteiger partial charge in [-0.2, -0.15) is 0 Å². The van der Waals surface area contributed by atoms with Crippen LogP contribution in [0.5, 0.6) is 0 Å². The Bertz CT molecular complexity index is 712. The Hall–Kier alpha value is -2.08. The molecule has 0 bridgehead atoms. The van der Waals surface area contributed by atoms with E-state index in [0.29, 0.717) is 5.92 Å². The highest BCUT2D eigenvalue weighted by Crippen LogP contribution is 2.24. The molecule has 0 amide bonds. The van der Waals surface area contributed by atoms with Crippen LogP contribution in [-0.4, -0.2) is 42.3 Å². The molecule has 1 aromatic carbocycles. The van der Waals surface area contributed by atoms with E-state index in [1.165, 1.54) is 12.1 Å². The number of guanidine groups is 1. The molecular formula is C18H25FN4O.